The number of esters is 1. The van der Waals surface area contributed by atoms with E-state index in [1.54, 1.807) is 13.1 Å². The van der Waals surface area contributed by atoms with Gasteiger partial charge < -0.3 is 9.14 Å². The van der Waals surface area contributed by atoms with Crippen LogP contribution in [0.3, 0.4) is 0 Å². The Labute approximate surface area is 163 Å². The zero-order valence-electron chi connectivity index (χ0n) is 15.6. The van der Waals surface area contributed by atoms with Crippen molar-refractivity contribution in [2.45, 2.75) is 6.92 Å². The van der Waals surface area contributed by atoms with Gasteiger partial charge in [-0.2, -0.15) is 0 Å². The highest BCUT2D eigenvalue weighted by Gasteiger charge is 2.12. The number of rotatable bonds is 5. The highest BCUT2D eigenvalue weighted by atomic mass is 16.5. The first kappa shape index (κ1) is 17.7. The fourth-order valence-corrected chi connectivity index (χ4v) is 3.14. The summed E-state index contributed by atoms with van der Waals surface area (Å²) in [5.74, 6) is 0.420. The maximum absolute atomic E-state index is 12.1. The van der Waals surface area contributed by atoms with Crippen molar-refractivity contribution >= 4 is 23.0 Å². The molecule has 4 rings (SSSR count). The lowest BCUT2D eigenvalue weighted by Gasteiger charge is -2.09. The number of nitrogens with zero attached hydrogens (tertiary/aromatic N) is 2. The zero-order valence-corrected chi connectivity index (χ0v) is 15.6. The van der Waals surface area contributed by atoms with E-state index >= 15 is 0 Å². The zero-order chi connectivity index (χ0) is 19.3. The first-order valence-corrected chi connectivity index (χ1v) is 9.24. The van der Waals surface area contributed by atoms with Crippen LogP contribution in [0, 0.1) is 0 Å². The fraction of sp³-hybridized carbons (Fsp3) is 0.0833. The van der Waals surface area contributed by atoms with E-state index in [2.05, 4.69) is 0 Å². The molecule has 2 heterocycles. The largest absolute Gasteiger partial charge is 0.462 e. The van der Waals surface area contributed by atoms with Crippen LogP contribution in [0.2, 0.25) is 0 Å². The van der Waals surface area contributed by atoms with Crippen LogP contribution in [0.25, 0.3) is 5.52 Å². The van der Waals surface area contributed by atoms with Crippen LogP contribution in [0.15, 0.2) is 96.1 Å². The van der Waals surface area contributed by atoms with Crippen molar-refractivity contribution in [3.05, 3.63) is 108 Å². The van der Waals surface area contributed by atoms with Crippen LogP contribution in [-0.4, -0.2) is 22.7 Å². The topological polar surface area (TPSA) is 43.1 Å². The number of carbonyl (C=O) groups is 1. The van der Waals surface area contributed by atoms with Crippen molar-refractivity contribution in [2.75, 3.05) is 6.61 Å². The summed E-state index contributed by atoms with van der Waals surface area (Å²) in [5, 5.41) is 0. The fourth-order valence-electron chi connectivity index (χ4n) is 3.14. The predicted molar refractivity (Wildman–Crippen MR) is 112 cm³/mol. The van der Waals surface area contributed by atoms with Gasteiger partial charge in [-0.3, -0.25) is 0 Å². The number of ether oxygens (including phenoxy) is 1. The van der Waals surface area contributed by atoms with Crippen molar-refractivity contribution in [3.8, 4) is 0 Å². The van der Waals surface area contributed by atoms with Gasteiger partial charge in [0.1, 0.15) is 5.82 Å². The summed E-state index contributed by atoms with van der Waals surface area (Å²) in [6, 6.07) is 27.8. The molecular weight excluding hydrogens is 348 g/mol. The number of fused-ring (bicyclic) bond motifs is 1. The molecule has 2 aromatic heterocycles. The molecule has 0 fully saturated rings. The van der Waals surface area contributed by atoms with Crippen molar-refractivity contribution in [3.63, 3.8) is 0 Å². The van der Waals surface area contributed by atoms with E-state index in [0.717, 1.165) is 28.2 Å². The Balaban J connectivity index is 1.87. The molecule has 28 heavy (non-hydrogen) atoms. The molecule has 0 amide bonds. The van der Waals surface area contributed by atoms with Gasteiger partial charge in [-0.05, 0) is 25.1 Å². The highest BCUT2D eigenvalue weighted by molar-refractivity contribution is 6.13. The molecule has 0 aliphatic carbocycles. The Kier molecular flexibility index (Phi) is 5.02. The Morgan fingerprint density at radius 1 is 0.857 bits per heavy atom. The number of hydrogen-bond acceptors (Lipinski definition) is 3. The SMILES string of the molecule is CCOC(=O)c1cc2cccc(N=C(c3ccccc3)c3ccccc3)n2c1. The molecule has 0 N–H and O–H groups in total. The van der Waals surface area contributed by atoms with Gasteiger partial charge in [0.05, 0.1) is 17.9 Å². The molecular formula is C24H20N2O2. The van der Waals surface area contributed by atoms with Crippen LogP contribution in [0.5, 0.6) is 0 Å². The van der Waals surface area contributed by atoms with Gasteiger partial charge in [-0.15, -0.1) is 0 Å². The highest BCUT2D eigenvalue weighted by Crippen LogP contribution is 2.22. The molecule has 0 spiro atoms. The van der Waals surface area contributed by atoms with E-state index in [-0.39, 0.29) is 5.97 Å². The van der Waals surface area contributed by atoms with Crippen molar-refractivity contribution < 1.29 is 9.53 Å². The molecule has 0 aliphatic rings. The molecule has 0 bridgehead atoms. The molecule has 0 unspecified atom stereocenters. The first-order chi connectivity index (χ1) is 13.8. The number of carbonyl (C=O) groups excluding carboxylic acids is 1. The lowest BCUT2D eigenvalue weighted by molar-refractivity contribution is 0.0526. The van der Waals surface area contributed by atoms with Crippen LogP contribution < -0.4 is 0 Å². The van der Waals surface area contributed by atoms with E-state index in [4.69, 9.17) is 9.73 Å². The van der Waals surface area contributed by atoms with Crippen LogP contribution in [-0.2, 0) is 4.74 Å². The average Bonchev–Trinajstić information content (AvgIpc) is 3.19. The Morgan fingerprint density at radius 2 is 1.50 bits per heavy atom. The lowest BCUT2D eigenvalue weighted by atomic mass is 10.0. The summed E-state index contributed by atoms with van der Waals surface area (Å²) in [7, 11) is 0. The number of aliphatic imine (C=N–C) groups is 1. The molecule has 0 saturated carbocycles. The summed E-state index contributed by atoms with van der Waals surface area (Å²) in [6.07, 6.45) is 1.78. The second-order valence-electron chi connectivity index (χ2n) is 6.32. The van der Waals surface area contributed by atoms with Gasteiger partial charge in [0.2, 0.25) is 0 Å². The molecule has 2 aromatic carbocycles. The third-order valence-corrected chi connectivity index (χ3v) is 4.44. The molecule has 0 radical (unpaired) electrons. The summed E-state index contributed by atoms with van der Waals surface area (Å²) in [6.45, 7) is 2.15. The first-order valence-electron chi connectivity index (χ1n) is 9.24. The summed E-state index contributed by atoms with van der Waals surface area (Å²) >= 11 is 0. The van der Waals surface area contributed by atoms with E-state index in [1.165, 1.54) is 0 Å². The third kappa shape index (κ3) is 3.58. The van der Waals surface area contributed by atoms with E-state index in [0.29, 0.717) is 12.2 Å². The van der Waals surface area contributed by atoms with E-state index in [9.17, 15) is 4.79 Å². The maximum atomic E-state index is 12.1. The van der Waals surface area contributed by atoms with E-state index in [1.807, 2.05) is 89.3 Å². The van der Waals surface area contributed by atoms with Crippen LogP contribution in [0.1, 0.15) is 28.4 Å². The van der Waals surface area contributed by atoms with Gasteiger partial charge in [-0.25, -0.2) is 9.79 Å². The number of aromatic nitrogens is 1. The number of hydrogen-bond donors (Lipinski definition) is 0. The van der Waals surface area contributed by atoms with Gasteiger partial charge in [0.25, 0.3) is 0 Å². The van der Waals surface area contributed by atoms with Crippen LogP contribution in [0.4, 0.5) is 5.82 Å². The monoisotopic (exact) mass is 368 g/mol. The number of pyridine rings is 1. The standard InChI is InChI=1S/C24H20N2O2/c1-2-28-24(27)20-16-21-14-9-15-22(26(21)17-20)25-23(18-10-5-3-6-11-18)19-12-7-4-8-13-19/h3-17H,2H2,1H3. The normalized spacial score (nSPS) is 10.6. The quantitative estimate of drug-likeness (QED) is 0.355. The van der Waals surface area contributed by atoms with Gasteiger partial charge in [-0.1, -0.05) is 66.7 Å². The van der Waals surface area contributed by atoms with Gasteiger partial charge in [0, 0.05) is 22.8 Å². The predicted octanol–water partition coefficient (Wildman–Crippen LogP) is 5.29. The second-order valence-corrected chi connectivity index (χ2v) is 6.32. The molecule has 4 heteroatoms. The smallest absolute Gasteiger partial charge is 0.339 e. The Bertz CT molecular complexity index is 1090. The molecule has 0 aliphatic heterocycles. The summed E-state index contributed by atoms with van der Waals surface area (Å²) < 4.78 is 7.04. The maximum Gasteiger partial charge on any atom is 0.339 e. The van der Waals surface area contributed by atoms with Gasteiger partial charge >= 0.3 is 5.97 Å². The minimum atomic E-state index is -0.326. The molecule has 0 atom stereocenters. The molecule has 4 aromatic rings. The van der Waals surface area contributed by atoms with Crippen LogP contribution >= 0.6 is 0 Å². The third-order valence-electron chi connectivity index (χ3n) is 4.44. The molecule has 138 valence electrons. The molecule has 4 nitrogen and oxygen atoms in total. The second kappa shape index (κ2) is 7.92. The Morgan fingerprint density at radius 3 is 2.11 bits per heavy atom. The van der Waals surface area contributed by atoms with Crippen molar-refractivity contribution in [1.29, 1.82) is 0 Å². The minimum absolute atomic E-state index is 0.326. The minimum Gasteiger partial charge on any atom is -0.462 e. The van der Waals surface area contributed by atoms with E-state index < -0.39 is 0 Å². The lowest BCUT2D eigenvalue weighted by Crippen LogP contribution is -2.03. The summed E-state index contributed by atoms with van der Waals surface area (Å²) in [4.78, 5) is 17.1. The Hall–Kier alpha value is -3.66. The van der Waals surface area contributed by atoms with Gasteiger partial charge in [0.15, 0.2) is 0 Å². The summed E-state index contributed by atoms with van der Waals surface area (Å²) in [5.41, 5.74) is 4.35. The van der Waals surface area contributed by atoms with Crippen molar-refractivity contribution in [2.24, 2.45) is 4.99 Å². The molecule has 0 saturated heterocycles. The van der Waals surface area contributed by atoms with Crippen molar-refractivity contribution in [1.82, 2.24) is 4.40 Å². The average molecular weight is 368 g/mol. The number of benzene rings is 2.